The van der Waals surface area contributed by atoms with Crippen LogP contribution in [0.5, 0.6) is 0 Å². The van der Waals surface area contributed by atoms with E-state index < -0.39 is 28.5 Å². The molecule has 9 heteroatoms. The normalized spacial score (nSPS) is 12.2. The zero-order valence-corrected chi connectivity index (χ0v) is 20.4. The predicted octanol–water partition coefficient (Wildman–Crippen LogP) is 3.22. The molecule has 0 aliphatic heterocycles. The van der Waals surface area contributed by atoms with Crippen molar-refractivity contribution in [2.75, 3.05) is 23.7 Å². The Morgan fingerprint density at radius 1 is 1.06 bits per heavy atom. The third-order valence-corrected chi connectivity index (χ3v) is 6.64. The number of aryl methyl sites for hydroxylation is 1. The molecule has 0 fully saturated rings. The first-order valence-corrected chi connectivity index (χ1v) is 12.7. The Kier molecular flexibility index (Phi) is 9.09. The number of likely N-dealkylation sites (N-methyl/N-ethyl adjacent to an activating group) is 1. The van der Waals surface area contributed by atoms with Gasteiger partial charge in [-0.2, -0.15) is 0 Å². The Labute approximate surface area is 195 Å². The summed E-state index contributed by atoms with van der Waals surface area (Å²) < 4.78 is 26.1. The fraction of sp³-hybridized carbons (Fsp3) is 0.391. The zero-order chi connectivity index (χ0) is 23.9. The number of rotatable bonds is 10. The van der Waals surface area contributed by atoms with Crippen molar-refractivity contribution in [2.24, 2.45) is 0 Å². The average molecular weight is 480 g/mol. The lowest BCUT2D eigenvalue weighted by Gasteiger charge is -2.31. The minimum absolute atomic E-state index is 0.0726. The van der Waals surface area contributed by atoms with Gasteiger partial charge in [-0.3, -0.25) is 13.9 Å². The molecule has 174 valence electrons. The third kappa shape index (κ3) is 6.71. The van der Waals surface area contributed by atoms with Crippen molar-refractivity contribution in [3.8, 4) is 0 Å². The van der Waals surface area contributed by atoms with Crippen LogP contribution in [0.4, 0.5) is 5.69 Å². The number of hydrogen-bond donors (Lipinski definition) is 1. The topological polar surface area (TPSA) is 86.8 Å². The second kappa shape index (κ2) is 11.3. The Hall–Kier alpha value is -2.58. The van der Waals surface area contributed by atoms with Gasteiger partial charge in [-0.25, -0.2) is 8.42 Å². The van der Waals surface area contributed by atoms with Crippen LogP contribution in [-0.4, -0.2) is 50.5 Å². The minimum atomic E-state index is -3.74. The molecule has 0 heterocycles. The molecule has 0 aliphatic carbocycles. The molecular weight excluding hydrogens is 450 g/mol. The zero-order valence-electron chi connectivity index (χ0n) is 18.8. The van der Waals surface area contributed by atoms with E-state index in [2.05, 4.69) is 5.32 Å². The van der Waals surface area contributed by atoms with Crippen LogP contribution in [0.2, 0.25) is 5.02 Å². The lowest BCUT2D eigenvalue weighted by Crippen LogP contribution is -2.51. The van der Waals surface area contributed by atoms with Crippen molar-refractivity contribution >= 4 is 39.1 Å². The van der Waals surface area contributed by atoms with Crippen LogP contribution >= 0.6 is 11.6 Å². The van der Waals surface area contributed by atoms with E-state index >= 15 is 0 Å². The number of nitrogens with zero attached hydrogens (tertiary/aromatic N) is 2. The highest BCUT2D eigenvalue weighted by Crippen LogP contribution is 2.22. The summed E-state index contributed by atoms with van der Waals surface area (Å²) in [4.78, 5) is 27.2. The number of carbonyl (C=O) groups excluding carboxylic acids is 2. The lowest BCUT2D eigenvalue weighted by atomic mass is 10.1. The van der Waals surface area contributed by atoms with Crippen molar-refractivity contribution in [1.82, 2.24) is 10.2 Å². The van der Waals surface area contributed by atoms with E-state index in [1.54, 1.807) is 50.2 Å². The lowest BCUT2D eigenvalue weighted by molar-refractivity contribution is -0.139. The van der Waals surface area contributed by atoms with Gasteiger partial charge in [0.05, 0.1) is 11.9 Å². The highest BCUT2D eigenvalue weighted by Gasteiger charge is 2.30. The quantitative estimate of drug-likeness (QED) is 0.566. The number of hydrogen-bond acceptors (Lipinski definition) is 4. The van der Waals surface area contributed by atoms with Gasteiger partial charge >= 0.3 is 0 Å². The summed E-state index contributed by atoms with van der Waals surface area (Å²) in [7, 11) is -3.74. The molecule has 2 aromatic rings. The molecule has 0 saturated heterocycles. The summed E-state index contributed by atoms with van der Waals surface area (Å²) in [5, 5.41) is 3.17. The molecule has 2 amide bonds. The SMILES string of the molecule is CCNC(=O)[C@@H](C)N(Cc1ccccc1Cl)C(=O)CN(c1ccc(CC)cc1)S(C)(=O)=O. The van der Waals surface area contributed by atoms with Gasteiger partial charge < -0.3 is 10.2 Å². The molecule has 2 rings (SSSR count). The second-order valence-corrected chi connectivity index (χ2v) is 9.79. The molecule has 32 heavy (non-hydrogen) atoms. The Morgan fingerprint density at radius 2 is 1.69 bits per heavy atom. The molecule has 0 bridgehead atoms. The maximum absolute atomic E-state index is 13.4. The molecule has 7 nitrogen and oxygen atoms in total. The maximum atomic E-state index is 13.4. The fourth-order valence-corrected chi connectivity index (χ4v) is 4.27. The molecule has 1 N–H and O–H groups in total. The van der Waals surface area contributed by atoms with E-state index in [-0.39, 0.29) is 12.5 Å². The van der Waals surface area contributed by atoms with Crippen molar-refractivity contribution < 1.29 is 18.0 Å². The van der Waals surface area contributed by atoms with Gasteiger partial charge in [0.15, 0.2) is 0 Å². The summed E-state index contributed by atoms with van der Waals surface area (Å²) in [6, 6.07) is 13.2. The summed E-state index contributed by atoms with van der Waals surface area (Å²) in [6.07, 6.45) is 1.87. The Bertz CT molecular complexity index is 1040. The fourth-order valence-electron chi connectivity index (χ4n) is 3.23. The molecule has 1 atom stereocenters. The standard InChI is InChI=1S/C23H30ClN3O4S/c1-5-18-11-13-20(14-12-18)27(32(4,30)31)16-22(28)26(17(3)23(29)25-6-2)15-19-9-7-8-10-21(19)24/h7-14,17H,5-6,15-16H2,1-4H3,(H,25,29)/t17-/m1/s1. The van der Waals surface area contributed by atoms with E-state index in [0.29, 0.717) is 22.8 Å². The largest absolute Gasteiger partial charge is 0.355 e. The van der Waals surface area contributed by atoms with Gasteiger partial charge in [0.2, 0.25) is 21.8 Å². The van der Waals surface area contributed by atoms with E-state index in [0.717, 1.165) is 22.5 Å². The van der Waals surface area contributed by atoms with Gasteiger partial charge in [0.25, 0.3) is 0 Å². The van der Waals surface area contributed by atoms with Gasteiger partial charge in [-0.1, -0.05) is 48.9 Å². The Morgan fingerprint density at radius 3 is 2.22 bits per heavy atom. The first kappa shape index (κ1) is 25.7. The molecule has 0 aliphatic rings. The van der Waals surface area contributed by atoms with E-state index in [1.807, 2.05) is 19.1 Å². The molecular formula is C23H30ClN3O4S. The second-order valence-electron chi connectivity index (χ2n) is 7.47. The van der Waals surface area contributed by atoms with Crippen molar-refractivity contribution in [1.29, 1.82) is 0 Å². The average Bonchev–Trinajstić information content (AvgIpc) is 2.75. The van der Waals surface area contributed by atoms with Crippen LogP contribution in [0.15, 0.2) is 48.5 Å². The van der Waals surface area contributed by atoms with Crippen LogP contribution in [0.1, 0.15) is 31.9 Å². The summed E-state index contributed by atoms with van der Waals surface area (Å²) in [5.41, 5.74) is 2.11. The van der Waals surface area contributed by atoms with Gasteiger partial charge in [-0.15, -0.1) is 0 Å². The summed E-state index contributed by atoms with van der Waals surface area (Å²) in [5.74, 6) is -0.834. The van der Waals surface area contributed by atoms with Crippen LogP contribution in [0, 0.1) is 0 Å². The first-order valence-electron chi connectivity index (χ1n) is 10.5. The van der Waals surface area contributed by atoms with Gasteiger partial charge in [-0.05, 0) is 49.6 Å². The van der Waals surface area contributed by atoms with Gasteiger partial charge in [0.1, 0.15) is 12.6 Å². The van der Waals surface area contributed by atoms with E-state index in [9.17, 15) is 18.0 Å². The van der Waals surface area contributed by atoms with Crippen LogP contribution in [0.3, 0.4) is 0 Å². The van der Waals surface area contributed by atoms with Crippen molar-refractivity contribution in [3.63, 3.8) is 0 Å². The maximum Gasteiger partial charge on any atom is 0.244 e. The number of halogens is 1. The molecule has 0 radical (unpaired) electrons. The number of amides is 2. The highest BCUT2D eigenvalue weighted by molar-refractivity contribution is 7.92. The molecule has 0 aromatic heterocycles. The molecule has 0 spiro atoms. The number of sulfonamides is 1. The molecule has 0 unspecified atom stereocenters. The number of anilines is 1. The molecule has 0 saturated carbocycles. The van der Waals surface area contributed by atoms with Crippen molar-refractivity contribution in [2.45, 2.75) is 39.8 Å². The summed E-state index contributed by atoms with van der Waals surface area (Å²) in [6.45, 7) is 5.46. The van der Waals surface area contributed by atoms with Crippen LogP contribution in [-0.2, 0) is 32.6 Å². The van der Waals surface area contributed by atoms with Gasteiger partial charge in [0, 0.05) is 18.1 Å². The van der Waals surface area contributed by atoms with E-state index in [1.165, 1.54) is 4.90 Å². The summed E-state index contributed by atoms with van der Waals surface area (Å²) >= 11 is 6.28. The minimum Gasteiger partial charge on any atom is -0.355 e. The number of benzene rings is 2. The number of nitrogens with one attached hydrogen (secondary N) is 1. The molecule has 2 aromatic carbocycles. The number of carbonyl (C=O) groups is 2. The van der Waals surface area contributed by atoms with Crippen LogP contribution in [0.25, 0.3) is 0 Å². The first-order chi connectivity index (χ1) is 15.1. The smallest absolute Gasteiger partial charge is 0.244 e. The predicted molar refractivity (Wildman–Crippen MR) is 128 cm³/mol. The highest BCUT2D eigenvalue weighted by atomic mass is 35.5. The third-order valence-electron chi connectivity index (χ3n) is 5.13. The monoisotopic (exact) mass is 479 g/mol. The van der Waals surface area contributed by atoms with Crippen molar-refractivity contribution in [3.05, 3.63) is 64.7 Å². The Balaban J connectivity index is 2.38. The van der Waals surface area contributed by atoms with E-state index in [4.69, 9.17) is 11.6 Å². The van der Waals surface area contributed by atoms with Crippen LogP contribution < -0.4 is 9.62 Å².